The van der Waals surface area contributed by atoms with Crippen LogP contribution >= 0.6 is 0 Å². The van der Waals surface area contributed by atoms with Crippen molar-refractivity contribution in [3.05, 3.63) is 200 Å². The molecule has 0 unspecified atom stereocenters. The Bertz CT molecular complexity index is 3470. The molecule has 62 heavy (non-hydrogen) atoms. The fourth-order valence-electron chi connectivity index (χ4n) is 9.11. The molecule has 0 aliphatic heterocycles. The molecule has 10 aromatic carbocycles. The lowest BCUT2D eigenvalue weighted by atomic mass is 9.64. The second-order valence-electron chi connectivity index (χ2n) is 15.7. The lowest BCUT2D eigenvalue weighted by Crippen LogP contribution is -2.46. The van der Waals surface area contributed by atoms with Gasteiger partial charge >= 0.3 is 0 Å². The summed E-state index contributed by atoms with van der Waals surface area (Å²) in [6, 6.07) is 68.9. The summed E-state index contributed by atoms with van der Waals surface area (Å²) in [5.41, 5.74) is 13.2. The molecule has 1 aromatic heterocycles. The maximum atomic E-state index is 7.16. The van der Waals surface area contributed by atoms with Crippen molar-refractivity contribution < 1.29 is 4.42 Å². The molecule has 6 heteroatoms. The van der Waals surface area contributed by atoms with Gasteiger partial charge in [-0.15, -0.1) is 0 Å². The highest BCUT2D eigenvalue weighted by molar-refractivity contribution is 6.63. The van der Waals surface area contributed by atoms with E-state index in [1.165, 1.54) is 0 Å². The highest BCUT2D eigenvalue weighted by atomic mass is 16.3. The van der Waals surface area contributed by atoms with Crippen molar-refractivity contribution in [2.24, 2.45) is 0 Å². The SMILES string of the molecule is [B]c1c([B])c(N(c2ccc(-c3cccc4oc5c6ccccc6ccc5c34)cc2)c2cccc(-c3cccc4ccccc34)c2)c([B])c([B])c1-c1ccc(-c2ccccc2)cc1. The maximum absolute atomic E-state index is 7.16. The zero-order valence-electron chi connectivity index (χ0n) is 33.7. The second-order valence-corrected chi connectivity index (χ2v) is 15.7. The molecule has 11 rings (SSSR count). The number of nitrogens with zero attached hydrogens (tertiary/aromatic N) is 1. The van der Waals surface area contributed by atoms with Crippen LogP contribution in [0.5, 0.6) is 0 Å². The summed E-state index contributed by atoms with van der Waals surface area (Å²) in [7, 11) is 28.4. The van der Waals surface area contributed by atoms with Gasteiger partial charge in [-0.05, 0) is 97.1 Å². The third-order valence-electron chi connectivity index (χ3n) is 12.2. The number of anilines is 3. The van der Waals surface area contributed by atoms with Gasteiger partial charge in [0, 0.05) is 33.2 Å². The molecule has 0 amide bonds. The van der Waals surface area contributed by atoms with E-state index in [-0.39, 0.29) is 0 Å². The van der Waals surface area contributed by atoms with Gasteiger partial charge in [0.2, 0.25) is 0 Å². The summed E-state index contributed by atoms with van der Waals surface area (Å²) in [5, 5.41) is 6.70. The first-order valence-corrected chi connectivity index (χ1v) is 20.7. The lowest BCUT2D eigenvalue weighted by molar-refractivity contribution is 0.673. The normalized spacial score (nSPS) is 11.5. The fraction of sp³-hybridized carbons (Fsp3) is 0. The highest BCUT2D eigenvalue weighted by Crippen LogP contribution is 2.42. The molecule has 0 saturated carbocycles. The van der Waals surface area contributed by atoms with Gasteiger partial charge in [-0.25, -0.2) is 0 Å². The van der Waals surface area contributed by atoms with Gasteiger partial charge in [-0.2, -0.15) is 0 Å². The van der Waals surface area contributed by atoms with E-state index in [9.17, 15) is 0 Å². The van der Waals surface area contributed by atoms with Crippen molar-refractivity contribution in [3.63, 3.8) is 0 Å². The topological polar surface area (TPSA) is 16.4 Å². The fourth-order valence-corrected chi connectivity index (χ4v) is 9.11. The standard InChI is InChI=1S/C56H33B4NO/c57-51-49(39-25-23-35(24-26-39)34-11-2-1-3-12-34)52(58)54(60)55(53(51)59)61(42-17-8-16-40(33-42)44-20-9-15-36-13-4-6-18-43(36)44)41-30-27-38(28-31-41)45-21-10-22-48-50(45)47-32-29-37-14-5-7-19-46(37)56(47)62-48/h1-33H. The van der Waals surface area contributed by atoms with Crippen LogP contribution in [0.25, 0.3) is 88.0 Å². The summed E-state index contributed by atoms with van der Waals surface area (Å²) in [5.74, 6) is 0. The van der Waals surface area contributed by atoms with E-state index in [0.29, 0.717) is 33.1 Å². The number of furan rings is 1. The Morgan fingerprint density at radius 3 is 1.68 bits per heavy atom. The number of hydrogen-bond donors (Lipinski definition) is 0. The Labute approximate surface area is 366 Å². The third kappa shape index (κ3) is 6.25. The molecule has 0 fully saturated rings. The Morgan fingerprint density at radius 1 is 0.355 bits per heavy atom. The van der Waals surface area contributed by atoms with Crippen LogP contribution in [0.1, 0.15) is 0 Å². The van der Waals surface area contributed by atoms with E-state index in [1.807, 2.05) is 42.5 Å². The molecule has 0 bridgehead atoms. The minimum absolute atomic E-state index is 0.334. The predicted molar refractivity (Wildman–Crippen MR) is 267 cm³/mol. The molecule has 0 aliphatic rings. The second kappa shape index (κ2) is 15.2. The summed E-state index contributed by atoms with van der Waals surface area (Å²) >= 11 is 0. The van der Waals surface area contributed by atoms with Crippen LogP contribution in [0, 0.1) is 0 Å². The number of rotatable bonds is 7. The average Bonchev–Trinajstić information content (AvgIpc) is 3.73. The van der Waals surface area contributed by atoms with Crippen LogP contribution in [-0.4, -0.2) is 31.4 Å². The number of hydrogen-bond acceptors (Lipinski definition) is 2. The number of benzene rings is 10. The third-order valence-corrected chi connectivity index (χ3v) is 12.2. The van der Waals surface area contributed by atoms with Gasteiger partial charge in [-0.1, -0.05) is 186 Å². The van der Waals surface area contributed by atoms with E-state index >= 15 is 0 Å². The van der Waals surface area contributed by atoms with E-state index in [1.54, 1.807) is 0 Å². The lowest BCUT2D eigenvalue weighted by Gasteiger charge is -2.33. The molecule has 0 aliphatic carbocycles. The first-order valence-electron chi connectivity index (χ1n) is 20.7. The predicted octanol–water partition coefficient (Wildman–Crippen LogP) is 11.2. The Balaban J connectivity index is 1.07. The van der Waals surface area contributed by atoms with Crippen molar-refractivity contribution in [1.82, 2.24) is 0 Å². The van der Waals surface area contributed by atoms with E-state index in [4.69, 9.17) is 35.8 Å². The van der Waals surface area contributed by atoms with Gasteiger partial charge in [0.1, 0.15) is 42.6 Å². The minimum atomic E-state index is 0.334. The maximum Gasteiger partial charge on any atom is 0.143 e. The Morgan fingerprint density at radius 2 is 0.919 bits per heavy atom. The highest BCUT2D eigenvalue weighted by Gasteiger charge is 2.23. The molecule has 280 valence electrons. The first kappa shape index (κ1) is 37.6. The quantitative estimate of drug-likeness (QED) is 0.150. The van der Waals surface area contributed by atoms with E-state index < -0.39 is 0 Å². The van der Waals surface area contributed by atoms with Crippen molar-refractivity contribution in [1.29, 1.82) is 0 Å². The molecule has 2 nitrogen and oxygen atoms in total. The van der Waals surface area contributed by atoms with Crippen LogP contribution in [0.15, 0.2) is 205 Å². The average molecular weight is 779 g/mol. The minimum Gasteiger partial charge on any atom is -0.455 e. The molecular weight excluding hydrogens is 746 g/mol. The largest absolute Gasteiger partial charge is 0.455 e. The van der Waals surface area contributed by atoms with Gasteiger partial charge in [0.25, 0.3) is 0 Å². The van der Waals surface area contributed by atoms with Crippen LogP contribution in [0.4, 0.5) is 17.1 Å². The number of fused-ring (bicyclic) bond motifs is 6. The Hall–Kier alpha value is -7.42. The van der Waals surface area contributed by atoms with Crippen LogP contribution in [-0.2, 0) is 0 Å². The van der Waals surface area contributed by atoms with Crippen LogP contribution in [0.3, 0.4) is 0 Å². The van der Waals surface area contributed by atoms with Crippen LogP contribution in [0.2, 0.25) is 0 Å². The molecule has 8 radical (unpaired) electrons. The van der Waals surface area contributed by atoms with Crippen molar-refractivity contribution in [2.75, 3.05) is 4.90 Å². The molecule has 1 heterocycles. The molecule has 0 atom stereocenters. The van der Waals surface area contributed by atoms with Crippen molar-refractivity contribution in [3.8, 4) is 44.5 Å². The van der Waals surface area contributed by atoms with Gasteiger partial charge in [0.05, 0.1) is 0 Å². The molecule has 0 saturated heterocycles. The Kier molecular flexibility index (Phi) is 9.24. The first-order chi connectivity index (χ1) is 30.4. The van der Waals surface area contributed by atoms with Crippen molar-refractivity contribution in [2.45, 2.75) is 0 Å². The van der Waals surface area contributed by atoms with Gasteiger partial charge in [0.15, 0.2) is 0 Å². The molecule has 0 spiro atoms. The van der Waals surface area contributed by atoms with E-state index in [0.717, 1.165) is 93.8 Å². The molecule has 0 N–H and O–H groups in total. The summed E-state index contributed by atoms with van der Waals surface area (Å²) < 4.78 is 6.54. The summed E-state index contributed by atoms with van der Waals surface area (Å²) in [6.07, 6.45) is 0. The zero-order valence-corrected chi connectivity index (χ0v) is 33.7. The summed E-state index contributed by atoms with van der Waals surface area (Å²) in [6.45, 7) is 0. The molecule has 11 aromatic rings. The van der Waals surface area contributed by atoms with E-state index in [2.05, 4.69) is 163 Å². The zero-order chi connectivity index (χ0) is 41.9. The monoisotopic (exact) mass is 779 g/mol. The smallest absolute Gasteiger partial charge is 0.143 e. The van der Waals surface area contributed by atoms with Gasteiger partial charge in [-0.3, -0.25) is 0 Å². The van der Waals surface area contributed by atoms with Gasteiger partial charge < -0.3 is 9.32 Å². The molecular formula is C56H33B4NO. The summed E-state index contributed by atoms with van der Waals surface area (Å²) in [4.78, 5) is 2.07. The van der Waals surface area contributed by atoms with Crippen LogP contribution < -0.4 is 26.8 Å². The van der Waals surface area contributed by atoms with Crippen molar-refractivity contribution >= 4 is 114 Å².